The molecule has 1 amide bonds. The summed E-state index contributed by atoms with van der Waals surface area (Å²) in [6, 6.07) is 17.2. The summed E-state index contributed by atoms with van der Waals surface area (Å²) in [5.41, 5.74) is 0.856. The van der Waals surface area contributed by atoms with E-state index in [4.69, 9.17) is 11.6 Å². The van der Waals surface area contributed by atoms with Gasteiger partial charge in [-0.2, -0.15) is 13.2 Å². The molecule has 1 N–H and O–H groups in total. The zero-order valence-electron chi connectivity index (χ0n) is 19.8. The van der Waals surface area contributed by atoms with Gasteiger partial charge in [0.05, 0.1) is 11.1 Å². The van der Waals surface area contributed by atoms with Crippen molar-refractivity contribution in [3.8, 4) is 0 Å². The van der Waals surface area contributed by atoms with Crippen molar-refractivity contribution in [1.82, 2.24) is 4.90 Å². The highest BCUT2D eigenvalue weighted by Gasteiger charge is 2.38. The van der Waals surface area contributed by atoms with Crippen molar-refractivity contribution in [1.29, 1.82) is 0 Å². The number of anilines is 1. The maximum atomic E-state index is 14.8. The van der Waals surface area contributed by atoms with Crippen LogP contribution in [0.15, 0.2) is 66.7 Å². The van der Waals surface area contributed by atoms with E-state index in [2.05, 4.69) is 5.32 Å². The number of benzene rings is 3. The molecule has 1 aliphatic carbocycles. The van der Waals surface area contributed by atoms with E-state index >= 15 is 0 Å². The largest absolute Gasteiger partial charge is 0.416 e. The third-order valence-electron chi connectivity index (χ3n) is 6.68. The number of alkyl halides is 4. The van der Waals surface area contributed by atoms with Crippen LogP contribution < -0.4 is 5.32 Å². The molecule has 1 aliphatic rings. The summed E-state index contributed by atoms with van der Waals surface area (Å²) in [5.74, 6) is -0.307. The maximum absolute atomic E-state index is 14.8. The van der Waals surface area contributed by atoms with Gasteiger partial charge in [-0.15, -0.1) is 0 Å². The van der Waals surface area contributed by atoms with E-state index in [0.29, 0.717) is 40.2 Å². The van der Waals surface area contributed by atoms with Gasteiger partial charge in [0.1, 0.15) is 5.67 Å². The molecule has 1 fully saturated rings. The minimum atomic E-state index is -4.44. The lowest BCUT2D eigenvalue weighted by Gasteiger charge is -2.34. The van der Waals surface area contributed by atoms with Crippen LogP contribution in [0.25, 0.3) is 0 Å². The Morgan fingerprint density at radius 2 is 1.75 bits per heavy atom. The average molecular weight is 519 g/mol. The molecule has 0 aliphatic heterocycles. The number of rotatable bonds is 8. The molecule has 0 spiro atoms. The summed E-state index contributed by atoms with van der Waals surface area (Å²) in [6.45, 7) is 0.400. The summed E-state index contributed by atoms with van der Waals surface area (Å²) in [4.78, 5) is 15.2. The van der Waals surface area contributed by atoms with Crippen LogP contribution in [0.2, 0.25) is 5.02 Å². The van der Waals surface area contributed by atoms with Gasteiger partial charge in [0.25, 0.3) is 5.91 Å². The normalized spacial score (nSPS) is 14.7. The van der Waals surface area contributed by atoms with E-state index in [9.17, 15) is 22.4 Å². The van der Waals surface area contributed by atoms with Crippen molar-refractivity contribution in [2.45, 2.75) is 44.1 Å². The van der Waals surface area contributed by atoms with Crippen molar-refractivity contribution in [2.75, 3.05) is 18.9 Å². The topological polar surface area (TPSA) is 32.3 Å². The molecule has 0 heterocycles. The molecular weight excluding hydrogens is 492 g/mol. The smallest absolute Gasteiger partial charge is 0.387 e. The fourth-order valence-electron chi connectivity index (χ4n) is 4.41. The second-order valence-corrected chi connectivity index (χ2v) is 9.57. The van der Waals surface area contributed by atoms with Crippen LogP contribution >= 0.6 is 11.6 Å². The van der Waals surface area contributed by atoms with Crippen LogP contribution in [-0.4, -0.2) is 24.4 Å². The molecule has 1 saturated carbocycles. The van der Waals surface area contributed by atoms with E-state index in [1.807, 2.05) is 0 Å². The lowest BCUT2D eigenvalue weighted by atomic mass is 9.77. The minimum Gasteiger partial charge on any atom is -0.387 e. The second-order valence-electron chi connectivity index (χ2n) is 9.13. The average Bonchev–Trinajstić information content (AvgIpc) is 2.84. The number of hydrogen-bond donors (Lipinski definition) is 1. The van der Waals surface area contributed by atoms with Gasteiger partial charge in [0.2, 0.25) is 0 Å². The predicted molar refractivity (Wildman–Crippen MR) is 134 cm³/mol. The molecule has 3 aromatic rings. The van der Waals surface area contributed by atoms with Gasteiger partial charge >= 0.3 is 6.18 Å². The van der Waals surface area contributed by atoms with Crippen LogP contribution in [0, 0.1) is 0 Å². The Labute approximate surface area is 213 Å². The first kappa shape index (κ1) is 26.0. The third-order valence-corrected chi connectivity index (χ3v) is 6.92. The quantitative estimate of drug-likeness (QED) is 0.311. The zero-order valence-corrected chi connectivity index (χ0v) is 20.6. The van der Waals surface area contributed by atoms with Crippen LogP contribution in [0.4, 0.5) is 23.2 Å². The van der Waals surface area contributed by atoms with Crippen LogP contribution in [0.1, 0.15) is 51.9 Å². The molecule has 3 aromatic carbocycles. The number of hydrogen-bond acceptors (Lipinski definition) is 2. The lowest BCUT2D eigenvalue weighted by molar-refractivity contribution is -0.137. The maximum Gasteiger partial charge on any atom is 0.416 e. The Bertz CT molecular complexity index is 1220. The Morgan fingerprint density at radius 1 is 1.03 bits per heavy atom. The van der Waals surface area contributed by atoms with E-state index < -0.39 is 17.4 Å². The van der Waals surface area contributed by atoms with Gasteiger partial charge in [-0.25, -0.2) is 4.39 Å². The standard InChI is InChI=1S/C28H27ClF4N2O/c1-34-25-11-10-23(29)17-24(25)26(36)35(15-12-19-4-2-5-22(16-19)28(31,32)33)18-20-6-8-21(9-7-20)27(30)13-3-14-27/h2,4-11,16-17,34H,3,12-15,18H2,1H3. The van der Waals surface area contributed by atoms with E-state index in [1.165, 1.54) is 6.07 Å². The monoisotopic (exact) mass is 518 g/mol. The summed E-state index contributed by atoms with van der Waals surface area (Å²) in [7, 11) is 1.69. The van der Waals surface area contributed by atoms with Crippen LogP contribution in [0.5, 0.6) is 0 Å². The summed E-state index contributed by atoms with van der Waals surface area (Å²) < 4.78 is 54.2. The fourth-order valence-corrected chi connectivity index (χ4v) is 4.58. The summed E-state index contributed by atoms with van der Waals surface area (Å²) in [6.07, 6.45) is -2.32. The molecule has 0 bridgehead atoms. The molecule has 8 heteroatoms. The molecule has 0 aromatic heterocycles. The second kappa shape index (κ2) is 10.5. The first-order valence-corrected chi connectivity index (χ1v) is 12.2. The summed E-state index contributed by atoms with van der Waals surface area (Å²) >= 11 is 6.15. The van der Waals surface area contributed by atoms with Crippen molar-refractivity contribution in [3.05, 3.63) is 99.6 Å². The van der Waals surface area contributed by atoms with Gasteiger partial charge in [0.15, 0.2) is 0 Å². The fraction of sp³-hybridized carbons (Fsp3) is 0.321. The molecular formula is C28H27ClF4N2O. The van der Waals surface area contributed by atoms with Crippen LogP contribution in [-0.2, 0) is 24.8 Å². The SMILES string of the molecule is CNc1ccc(Cl)cc1C(=O)N(CCc1cccc(C(F)(F)F)c1)Cc1ccc(C2(F)CCC2)cc1. The first-order valence-electron chi connectivity index (χ1n) is 11.8. The van der Waals surface area contributed by atoms with Gasteiger partial charge in [-0.1, -0.05) is 54.1 Å². The molecule has 0 saturated heterocycles. The highest BCUT2D eigenvalue weighted by Crippen LogP contribution is 2.45. The molecule has 190 valence electrons. The van der Waals surface area contributed by atoms with Gasteiger partial charge in [-0.05, 0) is 66.6 Å². The number of amides is 1. The number of nitrogens with zero attached hydrogens (tertiary/aromatic N) is 1. The molecule has 0 unspecified atom stereocenters. The highest BCUT2D eigenvalue weighted by molar-refractivity contribution is 6.31. The predicted octanol–water partition coefficient (Wildman–Crippen LogP) is 7.63. The molecule has 3 nitrogen and oxygen atoms in total. The Kier molecular flexibility index (Phi) is 7.59. The highest BCUT2D eigenvalue weighted by atomic mass is 35.5. The van der Waals surface area contributed by atoms with Gasteiger partial charge in [0, 0.05) is 30.8 Å². The number of carbonyl (C=O) groups excluding carboxylic acids is 1. The molecule has 36 heavy (non-hydrogen) atoms. The van der Waals surface area contributed by atoms with Crippen LogP contribution in [0.3, 0.4) is 0 Å². The third kappa shape index (κ3) is 5.84. The number of carbonyl (C=O) groups is 1. The molecule has 0 radical (unpaired) electrons. The van der Waals surface area contributed by atoms with E-state index in [1.54, 1.807) is 60.5 Å². The van der Waals surface area contributed by atoms with Crippen molar-refractivity contribution < 1.29 is 22.4 Å². The molecule has 4 rings (SSSR count). The number of halogens is 5. The Hall–Kier alpha value is -3.06. The van der Waals surface area contributed by atoms with Crippen molar-refractivity contribution >= 4 is 23.2 Å². The van der Waals surface area contributed by atoms with E-state index in [0.717, 1.165) is 24.1 Å². The number of nitrogens with one attached hydrogen (secondary N) is 1. The Balaban J connectivity index is 1.59. The lowest BCUT2D eigenvalue weighted by Crippen LogP contribution is -2.33. The summed E-state index contributed by atoms with van der Waals surface area (Å²) in [5, 5.41) is 3.38. The van der Waals surface area contributed by atoms with Crippen molar-refractivity contribution in [3.63, 3.8) is 0 Å². The van der Waals surface area contributed by atoms with Gasteiger partial charge in [-0.3, -0.25) is 4.79 Å². The zero-order chi connectivity index (χ0) is 25.9. The first-order chi connectivity index (χ1) is 17.1. The van der Waals surface area contributed by atoms with E-state index in [-0.39, 0.29) is 25.4 Å². The molecule has 0 atom stereocenters. The van der Waals surface area contributed by atoms with Crippen molar-refractivity contribution in [2.24, 2.45) is 0 Å². The minimum absolute atomic E-state index is 0.185. The Morgan fingerprint density at radius 3 is 2.36 bits per heavy atom. The van der Waals surface area contributed by atoms with Gasteiger partial charge < -0.3 is 10.2 Å².